The molecule has 0 unspecified atom stereocenters. The molecule has 1 aromatic rings. The highest BCUT2D eigenvalue weighted by molar-refractivity contribution is 5.86. The largest absolute Gasteiger partial charge is 0.486 e. The molecule has 2 atom stereocenters. The monoisotopic (exact) mass is 392 g/mol. The zero-order valence-corrected chi connectivity index (χ0v) is 14.5. The van der Waals surface area contributed by atoms with E-state index in [4.69, 9.17) is 9.84 Å². The van der Waals surface area contributed by atoms with Crippen molar-refractivity contribution in [2.24, 2.45) is 0 Å². The van der Waals surface area contributed by atoms with Crippen LogP contribution >= 0.6 is 0 Å². The zero-order valence-electron chi connectivity index (χ0n) is 14.5. The number of hydrogen-bond donors (Lipinski definition) is 4. The quantitative estimate of drug-likeness (QED) is 0.608. The summed E-state index contributed by atoms with van der Waals surface area (Å²) in [5.74, 6) is -1.01. The normalized spacial score (nSPS) is 17.8. The van der Waals surface area contributed by atoms with Gasteiger partial charge in [0.25, 0.3) is 0 Å². The number of carbonyl (C=O) groups excluding carboxylic acids is 1. The summed E-state index contributed by atoms with van der Waals surface area (Å²) in [6, 6.07) is 4.27. The lowest BCUT2D eigenvalue weighted by Crippen LogP contribution is -2.44. The zero-order chi connectivity index (χ0) is 20.4. The average molecular weight is 392 g/mol. The van der Waals surface area contributed by atoms with Crippen LogP contribution in [0, 0.1) is 0 Å². The average Bonchev–Trinajstić information content (AvgIpc) is 2.53. The van der Waals surface area contributed by atoms with E-state index in [2.05, 4.69) is 15.4 Å². The first-order valence-electron chi connectivity index (χ1n) is 7.91. The Bertz CT molecular complexity index is 723. The minimum Gasteiger partial charge on any atom is -0.486 e. The van der Waals surface area contributed by atoms with E-state index in [-0.39, 0.29) is 18.7 Å². The number of carboxylic acids is 1. The molecule has 150 valence electrons. The summed E-state index contributed by atoms with van der Waals surface area (Å²) in [6.45, 7) is 1.67. The number of rotatable bonds is 5. The number of carbonyl (C=O) groups is 2. The molecule has 0 spiro atoms. The Kier molecular flexibility index (Phi) is 5.73. The number of ether oxygens (including phenoxy) is 2. The van der Waals surface area contributed by atoms with Crippen LogP contribution < -0.4 is 15.4 Å². The number of benzene rings is 1. The van der Waals surface area contributed by atoms with Crippen LogP contribution in [0.3, 0.4) is 0 Å². The lowest BCUT2D eigenvalue weighted by atomic mass is 10.1. The fourth-order valence-electron chi connectivity index (χ4n) is 2.21. The Hall–Kier alpha value is -2.69. The molecule has 0 radical (unpaired) electrons. The van der Waals surface area contributed by atoms with Crippen LogP contribution in [0.15, 0.2) is 18.2 Å². The molecule has 1 aliphatic heterocycles. The van der Waals surface area contributed by atoms with E-state index in [1.807, 2.05) is 0 Å². The molecule has 0 fully saturated rings. The smallest absolute Gasteiger partial charge is 0.427 e. The first-order valence-corrected chi connectivity index (χ1v) is 7.91. The fourth-order valence-corrected chi connectivity index (χ4v) is 2.21. The second kappa shape index (κ2) is 7.51. The second-order valence-electron chi connectivity index (χ2n) is 6.44. The molecular weight excluding hydrogens is 373 g/mol. The maximum Gasteiger partial charge on any atom is 0.427 e. The fraction of sp³-hybridized carbons (Fsp3) is 0.500. The van der Waals surface area contributed by atoms with Crippen molar-refractivity contribution in [3.8, 4) is 5.75 Å². The van der Waals surface area contributed by atoms with Crippen molar-refractivity contribution in [3.63, 3.8) is 0 Å². The number of fused-ring (bicyclic) bond motifs is 1. The predicted octanol–water partition coefficient (Wildman–Crippen LogP) is 2.58. The molecule has 1 heterocycles. The molecule has 0 bridgehead atoms. The Morgan fingerprint density at radius 1 is 1.41 bits per heavy atom. The minimum atomic E-state index is -4.72. The minimum absolute atomic E-state index is 0.124. The SMILES string of the molecule is CC(C)(OC(=O)Nc1ccc2c(c1)NC[C@H](C[C@H](O)C(=O)O)O2)C(F)(F)F. The maximum atomic E-state index is 12.7. The number of carboxylic acid groups (broad SMARTS) is 1. The highest BCUT2D eigenvalue weighted by Crippen LogP contribution is 2.35. The van der Waals surface area contributed by atoms with Crippen molar-refractivity contribution in [2.45, 2.75) is 44.3 Å². The van der Waals surface area contributed by atoms with Gasteiger partial charge in [-0.15, -0.1) is 0 Å². The van der Waals surface area contributed by atoms with E-state index in [1.54, 1.807) is 0 Å². The van der Waals surface area contributed by atoms with Crippen molar-refractivity contribution in [1.82, 2.24) is 0 Å². The third-order valence-electron chi connectivity index (χ3n) is 3.84. The molecule has 0 saturated heterocycles. The summed E-state index contributed by atoms with van der Waals surface area (Å²) in [6.07, 6.45) is -8.26. The topological polar surface area (TPSA) is 117 Å². The van der Waals surface area contributed by atoms with E-state index in [0.29, 0.717) is 11.4 Å². The van der Waals surface area contributed by atoms with Gasteiger partial charge < -0.3 is 25.0 Å². The number of halogens is 3. The summed E-state index contributed by atoms with van der Waals surface area (Å²) in [5, 5.41) is 23.2. The summed E-state index contributed by atoms with van der Waals surface area (Å²) < 4.78 is 48.2. The lowest BCUT2D eigenvalue weighted by Gasteiger charge is -2.29. The van der Waals surface area contributed by atoms with E-state index < -0.39 is 36.0 Å². The molecular formula is C16H19F3N2O6. The molecule has 2 rings (SSSR count). The van der Waals surface area contributed by atoms with Gasteiger partial charge in [-0.2, -0.15) is 13.2 Å². The van der Waals surface area contributed by atoms with E-state index in [1.165, 1.54) is 18.2 Å². The van der Waals surface area contributed by atoms with Crippen molar-refractivity contribution >= 4 is 23.4 Å². The van der Waals surface area contributed by atoms with Gasteiger partial charge in [0.1, 0.15) is 11.9 Å². The number of amides is 1. The van der Waals surface area contributed by atoms with Gasteiger partial charge in [-0.25, -0.2) is 9.59 Å². The second-order valence-corrected chi connectivity index (χ2v) is 6.44. The number of nitrogens with one attached hydrogen (secondary N) is 2. The maximum absolute atomic E-state index is 12.7. The number of aliphatic hydroxyl groups excluding tert-OH is 1. The molecule has 0 saturated carbocycles. The van der Waals surface area contributed by atoms with Gasteiger partial charge in [0.05, 0.1) is 12.2 Å². The third-order valence-corrected chi connectivity index (χ3v) is 3.84. The summed E-state index contributed by atoms with van der Waals surface area (Å²) in [5.41, 5.74) is -2.02. The van der Waals surface area contributed by atoms with Gasteiger partial charge in [0, 0.05) is 12.1 Å². The van der Waals surface area contributed by atoms with Crippen LogP contribution in [-0.4, -0.2) is 52.8 Å². The van der Waals surface area contributed by atoms with Crippen molar-refractivity contribution in [1.29, 1.82) is 0 Å². The Morgan fingerprint density at radius 3 is 2.67 bits per heavy atom. The third kappa shape index (κ3) is 5.16. The van der Waals surface area contributed by atoms with Gasteiger partial charge in [0.15, 0.2) is 6.10 Å². The molecule has 8 nitrogen and oxygen atoms in total. The predicted molar refractivity (Wildman–Crippen MR) is 87.8 cm³/mol. The van der Waals surface area contributed by atoms with Crippen molar-refractivity contribution in [2.75, 3.05) is 17.2 Å². The van der Waals surface area contributed by atoms with Crippen LogP contribution in [0.25, 0.3) is 0 Å². The summed E-state index contributed by atoms with van der Waals surface area (Å²) in [4.78, 5) is 22.4. The molecule has 0 aliphatic carbocycles. The van der Waals surface area contributed by atoms with Crippen LogP contribution in [0.4, 0.5) is 29.3 Å². The van der Waals surface area contributed by atoms with Crippen molar-refractivity contribution < 1.29 is 42.4 Å². The summed E-state index contributed by atoms with van der Waals surface area (Å²) >= 11 is 0. The van der Waals surface area contributed by atoms with Gasteiger partial charge in [-0.3, -0.25) is 5.32 Å². The number of aliphatic hydroxyl groups is 1. The standard InChI is InChI=1S/C16H19F3N2O6/c1-15(2,16(17,18)19)27-14(25)21-8-3-4-12-10(5-8)20-7-9(26-12)6-11(22)13(23)24/h3-5,9,11,20,22H,6-7H2,1-2H3,(H,21,25)(H,23,24)/t9-,11-/m0/s1. The number of aliphatic carboxylic acids is 1. The van der Waals surface area contributed by atoms with Gasteiger partial charge >= 0.3 is 18.2 Å². The Morgan fingerprint density at radius 2 is 2.07 bits per heavy atom. The number of alkyl halides is 3. The van der Waals surface area contributed by atoms with Crippen LogP contribution in [0.5, 0.6) is 5.75 Å². The number of anilines is 2. The molecule has 1 aliphatic rings. The van der Waals surface area contributed by atoms with Gasteiger partial charge in [-0.1, -0.05) is 0 Å². The highest BCUT2D eigenvalue weighted by atomic mass is 19.4. The molecule has 1 aromatic carbocycles. The Balaban J connectivity index is 1.99. The van der Waals surface area contributed by atoms with E-state index >= 15 is 0 Å². The lowest BCUT2D eigenvalue weighted by molar-refractivity contribution is -0.242. The van der Waals surface area contributed by atoms with E-state index in [9.17, 15) is 27.9 Å². The highest BCUT2D eigenvalue weighted by Gasteiger charge is 2.51. The molecule has 27 heavy (non-hydrogen) atoms. The number of hydrogen-bond acceptors (Lipinski definition) is 6. The van der Waals surface area contributed by atoms with Crippen molar-refractivity contribution in [3.05, 3.63) is 18.2 Å². The Labute approximate surface area is 152 Å². The molecule has 0 aromatic heterocycles. The van der Waals surface area contributed by atoms with Crippen LogP contribution in [-0.2, 0) is 9.53 Å². The molecule has 4 N–H and O–H groups in total. The summed E-state index contributed by atoms with van der Waals surface area (Å²) in [7, 11) is 0. The first-order chi connectivity index (χ1) is 12.4. The molecule has 1 amide bonds. The van der Waals surface area contributed by atoms with Crippen LogP contribution in [0.1, 0.15) is 20.3 Å². The van der Waals surface area contributed by atoms with E-state index in [0.717, 1.165) is 13.8 Å². The van der Waals surface area contributed by atoms with Gasteiger partial charge in [-0.05, 0) is 32.0 Å². The first kappa shape index (κ1) is 20.6. The van der Waals surface area contributed by atoms with Crippen LogP contribution in [0.2, 0.25) is 0 Å². The molecule has 11 heteroatoms. The van der Waals surface area contributed by atoms with Gasteiger partial charge in [0.2, 0.25) is 5.60 Å².